The van der Waals surface area contributed by atoms with Crippen LogP contribution in [0.2, 0.25) is 5.02 Å². The summed E-state index contributed by atoms with van der Waals surface area (Å²) < 4.78 is 5.36. The fraction of sp³-hybridized carbons (Fsp3) is 0.500. The predicted molar refractivity (Wildman–Crippen MR) is 64.5 cm³/mol. The molecule has 1 aromatic rings. The van der Waals surface area contributed by atoms with Crippen molar-refractivity contribution in [3.8, 4) is 0 Å². The van der Waals surface area contributed by atoms with E-state index in [2.05, 4.69) is 4.98 Å². The molecule has 5 nitrogen and oxygen atoms in total. The average molecular weight is 269 g/mol. The number of nitrogens with zero attached hydrogens (tertiary/aromatic N) is 2. The quantitative estimate of drug-likeness (QED) is 0.849. The second-order valence-electron chi connectivity index (χ2n) is 4.68. The molecule has 3 heterocycles. The van der Waals surface area contributed by atoms with Crippen LogP contribution >= 0.6 is 11.6 Å². The number of aromatic nitrogens is 1. The molecule has 0 radical (unpaired) electrons. The van der Waals surface area contributed by atoms with Crippen LogP contribution in [-0.4, -0.2) is 34.3 Å². The lowest BCUT2D eigenvalue weighted by Crippen LogP contribution is -2.33. The van der Waals surface area contributed by atoms with E-state index in [1.54, 1.807) is 12.3 Å². The Morgan fingerprint density at radius 2 is 2.44 bits per heavy atom. The largest absolute Gasteiger partial charge is 0.465 e. The first-order valence-electron chi connectivity index (χ1n) is 5.88. The van der Waals surface area contributed by atoms with Gasteiger partial charge in [-0.3, -0.25) is 9.88 Å². The topological polar surface area (TPSA) is 62.7 Å². The molecular weight excluding hydrogens is 256 g/mol. The number of halogens is 1. The van der Waals surface area contributed by atoms with Gasteiger partial charge in [-0.25, -0.2) is 4.79 Å². The molecule has 0 aromatic carbocycles. The van der Waals surface area contributed by atoms with E-state index in [0.29, 0.717) is 24.8 Å². The number of ether oxygens (including phenoxy) is 1. The molecule has 1 amide bonds. The fourth-order valence-corrected chi connectivity index (χ4v) is 2.96. The van der Waals surface area contributed by atoms with Crippen molar-refractivity contribution >= 4 is 17.7 Å². The molecule has 0 spiro atoms. The minimum atomic E-state index is -0.916. The van der Waals surface area contributed by atoms with Crippen molar-refractivity contribution in [2.45, 2.75) is 19.0 Å². The third-order valence-electron chi connectivity index (χ3n) is 3.58. The Labute approximate surface area is 109 Å². The van der Waals surface area contributed by atoms with Crippen LogP contribution < -0.4 is 0 Å². The highest BCUT2D eigenvalue weighted by Crippen LogP contribution is 2.41. The van der Waals surface area contributed by atoms with Crippen molar-refractivity contribution in [3.05, 3.63) is 28.5 Å². The Balaban J connectivity index is 1.99. The van der Waals surface area contributed by atoms with Gasteiger partial charge in [0.1, 0.15) is 0 Å². The second-order valence-corrected chi connectivity index (χ2v) is 5.11. The van der Waals surface area contributed by atoms with E-state index in [9.17, 15) is 9.90 Å². The van der Waals surface area contributed by atoms with Crippen LogP contribution in [0.5, 0.6) is 0 Å². The van der Waals surface area contributed by atoms with Crippen LogP contribution in [0.15, 0.2) is 12.3 Å². The number of carboxylic acid groups (broad SMARTS) is 1. The van der Waals surface area contributed by atoms with Crippen molar-refractivity contribution in [2.24, 2.45) is 5.92 Å². The van der Waals surface area contributed by atoms with E-state index in [1.807, 2.05) is 0 Å². The number of rotatable bonds is 1. The van der Waals surface area contributed by atoms with Crippen LogP contribution in [0.3, 0.4) is 0 Å². The minimum absolute atomic E-state index is 0.191. The fourth-order valence-electron chi connectivity index (χ4n) is 2.78. The summed E-state index contributed by atoms with van der Waals surface area (Å²) in [6.07, 6.45) is 1.54. The van der Waals surface area contributed by atoms with Crippen molar-refractivity contribution in [3.63, 3.8) is 0 Å². The summed E-state index contributed by atoms with van der Waals surface area (Å²) in [5.41, 5.74) is 1.74. The van der Waals surface area contributed by atoms with Gasteiger partial charge in [0.15, 0.2) is 0 Å². The van der Waals surface area contributed by atoms with Crippen LogP contribution in [0.1, 0.15) is 23.7 Å². The Morgan fingerprint density at radius 1 is 1.61 bits per heavy atom. The van der Waals surface area contributed by atoms with Gasteiger partial charge in [0.25, 0.3) is 0 Å². The standard InChI is InChI=1S/C12H13ClN2O3/c13-9-3-8-5-15(12(16)17)11(10(8)14-4-9)7-1-2-18-6-7/h3-4,7,11H,1-2,5-6H2,(H,16,17). The molecule has 1 saturated heterocycles. The molecular formula is C12H13ClN2O3. The summed E-state index contributed by atoms with van der Waals surface area (Å²) in [4.78, 5) is 17.1. The molecule has 6 heteroatoms. The molecule has 1 fully saturated rings. The van der Waals surface area contributed by atoms with E-state index < -0.39 is 6.09 Å². The van der Waals surface area contributed by atoms with Gasteiger partial charge in [-0.15, -0.1) is 0 Å². The number of amides is 1. The first-order chi connectivity index (χ1) is 8.66. The first kappa shape index (κ1) is 11.7. The highest BCUT2D eigenvalue weighted by molar-refractivity contribution is 6.30. The van der Waals surface area contributed by atoms with Crippen LogP contribution in [-0.2, 0) is 11.3 Å². The Hall–Kier alpha value is -1.33. The number of hydrogen-bond donors (Lipinski definition) is 1. The van der Waals surface area contributed by atoms with Gasteiger partial charge in [-0.2, -0.15) is 0 Å². The van der Waals surface area contributed by atoms with Crippen LogP contribution in [0, 0.1) is 5.92 Å². The van der Waals surface area contributed by atoms with Gasteiger partial charge in [0, 0.05) is 18.7 Å². The molecule has 96 valence electrons. The number of carbonyl (C=O) groups is 1. The number of pyridine rings is 1. The average Bonchev–Trinajstić information content (AvgIpc) is 2.92. The summed E-state index contributed by atoms with van der Waals surface area (Å²) in [5.74, 6) is 0.191. The van der Waals surface area contributed by atoms with Gasteiger partial charge >= 0.3 is 6.09 Å². The van der Waals surface area contributed by atoms with E-state index in [4.69, 9.17) is 16.3 Å². The van der Waals surface area contributed by atoms with Crippen molar-refractivity contribution in [1.82, 2.24) is 9.88 Å². The Bertz CT molecular complexity index is 488. The van der Waals surface area contributed by atoms with Gasteiger partial charge < -0.3 is 9.84 Å². The van der Waals surface area contributed by atoms with E-state index in [-0.39, 0.29) is 12.0 Å². The normalized spacial score (nSPS) is 26.4. The third-order valence-corrected chi connectivity index (χ3v) is 3.79. The predicted octanol–water partition coefficient (Wildman–Crippen LogP) is 2.31. The lowest BCUT2D eigenvalue weighted by atomic mass is 9.96. The van der Waals surface area contributed by atoms with Crippen molar-refractivity contribution < 1.29 is 14.6 Å². The van der Waals surface area contributed by atoms with E-state index >= 15 is 0 Å². The molecule has 1 N–H and O–H groups in total. The number of fused-ring (bicyclic) bond motifs is 1. The van der Waals surface area contributed by atoms with Gasteiger partial charge in [-0.05, 0) is 18.1 Å². The van der Waals surface area contributed by atoms with Crippen molar-refractivity contribution in [1.29, 1.82) is 0 Å². The summed E-state index contributed by atoms with van der Waals surface area (Å²) in [6.45, 7) is 1.65. The smallest absolute Gasteiger partial charge is 0.408 e. The molecule has 0 saturated carbocycles. The van der Waals surface area contributed by atoms with Gasteiger partial charge in [-0.1, -0.05) is 11.6 Å². The molecule has 2 aliphatic rings. The summed E-state index contributed by atoms with van der Waals surface area (Å²) in [5, 5.41) is 9.85. The maximum Gasteiger partial charge on any atom is 0.408 e. The molecule has 2 unspecified atom stereocenters. The number of hydrogen-bond acceptors (Lipinski definition) is 3. The minimum Gasteiger partial charge on any atom is -0.465 e. The molecule has 18 heavy (non-hydrogen) atoms. The van der Waals surface area contributed by atoms with E-state index in [0.717, 1.165) is 17.7 Å². The summed E-state index contributed by atoms with van der Waals surface area (Å²) >= 11 is 5.90. The zero-order valence-corrected chi connectivity index (χ0v) is 10.4. The monoisotopic (exact) mass is 268 g/mol. The second kappa shape index (κ2) is 4.40. The van der Waals surface area contributed by atoms with E-state index in [1.165, 1.54) is 4.90 Å². The molecule has 2 atom stereocenters. The summed E-state index contributed by atoms with van der Waals surface area (Å²) in [6, 6.07) is 1.60. The van der Waals surface area contributed by atoms with Gasteiger partial charge in [0.2, 0.25) is 0 Å². The first-order valence-corrected chi connectivity index (χ1v) is 6.26. The maximum atomic E-state index is 11.3. The Kier molecular flexibility index (Phi) is 2.87. The third kappa shape index (κ3) is 1.83. The molecule has 1 aromatic heterocycles. The highest BCUT2D eigenvalue weighted by Gasteiger charge is 2.41. The van der Waals surface area contributed by atoms with Crippen LogP contribution in [0.4, 0.5) is 4.79 Å². The maximum absolute atomic E-state index is 11.3. The van der Waals surface area contributed by atoms with Crippen molar-refractivity contribution in [2.75, 3.05) is 13.2 Å². The summed E-state index contributed by atoms with van der Waals surface area (Å²) in [7, 11) is 0. The van der Waals surface area contributed by atoms with Gasteiger partial charge in [0.05, 0.1) is 29.9 Å². The molecule has 0 bridgehead atoms. The molecule has 0 aliphatic carbocycles. The Morgan fingerprint density at radius 3 is 3.11 bits per heavy atom. The SMILES string of the molecule is O=C(O)N1Cc2cc(Cl)cnc2C1C1CCOC1. The zero-order valence-electron chi connectivity index (χ0n) is 9.67. The lowest BCUT2D eigenvalue weighted by molar-refractivity contribution is 0.101. The molecule has 3 rings (SSSR count). The van der Waals surface area contributed by atoms with Crippen LogP contribution in [0.25, 0.3) is 0 Å². The highest BCUT2D eigenvalue weighted by atomic mass is 35.5. The molecule has 2 aliphatic heterocycles. The lowest BCUT2D eigenvalue weighted by Gasteiger charge is -2.25. The zero-order chi connectivity index (χ0) is 12.7.